The highest BCUT2D eigenvalue weighted by Crippen LogP contribution is 2.14. The van der Waals surface area contributed by atoms with Gasteiger partial charge in [0.25, 0.3) is 0 Å². The lowest BCUT2D eigenvalue weighted by molar-refractivity contribution is 0.241. The smallest absolute Gasteiger partial charge is 0.337 e. The van der Waals surface area contributed by atoms with Gasteiger partial charge < -0.3 is 9.88 Å². The van der Waals surface area contributed by atoms with Crippen molar-refractivity contribution in [3.63, 3.8) is 0 Å². The first kappa shape index (κ1) is 28.9. The molecule has 178 valence electrons. The van der Waals surface area contributed by atoms with Gasteiger partial charge in [0, 0.05) is 25.5 Å². The summed E-state index contributed by atoms with van der Waals surface area (Å²) in [5, 5.41) is 2.64. The number of aromatic nitrogens is 4. The summed E-state index contributed by atoms with van der Waals surface area (Å²) in [6.45, 7) is 18.1. The Morgan fingerprint density at radius 1 is 1.12 bits per heavy atom. The second-order valence-electron chi connectivity index (χ2n) is 7.25. The summed E-state index contributed by atoms with van der Waals surface area (Å²) in [4.78, 5) is 29.0. The van der Waals surface area contributed by atoms with Crippen molar-refractivity contribution in [2.24, 2.45) is 7.05 Å². The number of aryl methyl sites for hydroxylation is 2. The van der Waals surface area contributed by atoms with Crippen LogP contribution in [0.4, 0.5) is 4.79 Å². The lowest BCUT2D eigenvalue weighted by Crippen LogP contribution is -2.37. The molecular formula is C25H41N5O2. The molecule has 0 bridgehead atoms. The molecule has 1 N–H and O–H groups in total. The Hall–Kier alpha value is -3.09. The van der Waals surface area contributed by atoms with Gasteiger partial charge in [0.15, 0.2) is 0 Å². The fourth-order valence-electron chi connectivity index (χ4n) is 2.70. The molecule has 0 aliphatic heterocycles. The van der Waals surface area contributed by atoms with Crippen LogP contribution in [0.25, 0.3) is 11.0 Å². The number of hydrogen-bond donors (Lipinski definition) is 1. The summed E-state index contributed by atoms with van der Waals surface area (Å²) < 4.78 is 4.61. The molecule has 2 aromatic heterocycles. The van der Waals surface area contributed by atoms with E-state index in [0.717, 1.165) is 21.4 Å². The molecule has 0 saturated heterocycles. The van der Waals surface area contributed by atoms with Crippen molar-refractivity contribution in [1.29, 1.82) is 0 Å². The molecule has 0 aliphatic carbocycles. The van der Waals surface area contributed by atoms with Gasteiger partial charge in [-0.2, -0.15) is 0 Å². The number of benzene rings is 1. The van der Waals surface area contributed by atoms with E-state index in [4.69, 9.17) is 0 Å². The van der Waals surface area contributed by atoms with E-state index >= 15 is 0 Å². The molecule has 0 fully saturated rings. The molecule has 0 atom stereocenters. The predicted octanol–water partition coefficient (Wildman–Crippen LogP) is 5.50. The van der Waals surface area contributed by atoms with Crippen LogP contribution in [0.2, 0.25) is 0 Å². The van der Waals surface area contributed by atoms with Gasteiger partial charge in [0.05, 0.1) is 17.6 Å². The number of nitrogens with zero attached hydrogens (tertiary/aromatic N) is 4. The SMILES string of the molecule is C=CC.CCC.CCC.CCNC(=O)n1c(C)cn(Cc2nc3ccccc3n2C)c1=O. The summed E-state index contributed by atoms with van der Waals surface area (Å²) in [5.74, 6) is 0.765. The van der Waals surface area contributed by atoms with Crippen LogP contribution in [0.5, 0.6) is 0 Å². The largest absolute Gasteiger partial charge is 0.338 e. The summed E-state index contributed by atoms with van der Waals surface area (Å²) in [5.41, 5.74) is 2.13. The fourth-order valence-corrected chi connectivity index (χ4v) is 2.70. The van der Waals surface area contributed by atoms with E-state index in [9.17, 15) is 9.59 Å². The number of rotatable bonds is 3. The minimum absolute atomic E-state index is 0.317. The number of hydrogen-bond acceptors (Lipinski definition) is 3. The molecule has 7 nitrogen and oxygen atoms in total. The number of carbonyl (C=O) groups excluding carboxylic acids is 1. The number of para-hydroxylation sites is 2. The van der Waals surface area contributed by atoms with Crippen LogP contribution < -0.4 is 11.0 Å². The topological polar surface area (TPSA) is 73.8 Å². The minimum atomic E-state index is -0.404. The van der Waals surface area contributed by atoms with Gasteiger partial charge in [-0.05, 0) is 32.9 Å². The Morgan fingerprint density at radius 3 is 2.16 bits per heavy atom. The first-order valence-electron chi connectivity index (χ1n) is 11.3. The Balaban J connectivity index is 0.000000925. The lowest BCUT2D eigenvalue weighted by Gasteiger charge is -2.04. The van der Waals surface area contributed by atoms with Crippen molar-refractivity contribution >= 4 is 17.1 Å². The van der Waals surface area contributed by atoms with E-state index in [-0.39, 0.29) is 5.69 Å². The summed E-state index contributed by atoms with van der Waals surface area (Å²) >= 11 is 0. The predicted molar refractivity (Wildman–Crippen MR) is 136 cm³/mol. The van der Waals surface area contributed by atoms with Gasteiger partial charge in [-0.3, -0.25) is 4.57 Å². The first-order valence-corrected chi connectivity index (χ1v) is 11.3. The van der Waals surface area contributed by atoms with Crippen molar-refractivity contribution in [1.82, 2.24) is 24.0 Å². The Morgan fingerprint density at radius 2 is 1.66 bits per heavy atom. The maximum Gasteiger partial charge on any atom is 0.337 e. The minimum Gasteiger partial charge on any atom is -0.338 e. The fraction of sp³-hybridized carbons (Fsp3) is 0.480. The monoisotopic (exact) mass is 443 g/mol. The molecule has 0 radical (unpaired) electrons. The third kappa shape index (κ3) is 8.21. The van der Waals surface area contributed by atoms with Crippen molar-refractivity contribution in [3.8, 4) is 0 Å². The molecule has 1 amide bonds. The first-order chi connectivity index (χ1) is 15.3. The van der Waals surface area contributed by atoms with Crippen LogP contribution >= 0.6 is 0 Å². The number of carbonyl (C=O) groups is 1. The summed E-state index contributed by atoms with van der Waals surface area (Å²) in [6.07, 6.45) is 5.93. The maximum atomic E-state index is 12.5. The molecule has 0 aliphatic rings. The zero-order chi connectivity index (χ0) is 24.7. The average molecular weight is 444 g/mol. The molecule has 3 rings (SSSR count). The molecular weight excluding hydrogens is 402 g/mol. The van der Waals surface area contributed by atoms with Crippen molar-refractivity contribution in [2.75, 3.05) is 6.54 Å². The molecule has 32 heavy (non-hydrogen) atoms. The van der Waals surface area contributed by atoms with Crippen LogP contribution in [-0.4, -0.2) is 31.3 Å². The molecule has 2 heterocycles. The van der Waals surface area contributed by atoms with Gasteiger partial charge in [-0.15, -0.1) is 6.58 Å². The number of allylic oxidation sites excluding steroid dienone is 1. The highest BCUT2D eigenvalue weighted by Gasteiger charge is 2.16. The number of imidazole rings is 2. The van der Waals surface area contributed by atoms with E-state index in [1.54, 1.807) is 19.2 Å². The van der Waals surface area contributed by atoms with E-state index in [1.807, 2.05) is 49.7 Å². The van der Waals surface area contributed by atoms with Crippen molar-refractivity contribution < 1.29 is 4.79 Å². The maximum absolute atomic E-state index is 12.5. The second-order valence-corrected chi connectivity index (χ2v) is 7.25. The van der Waals surface area contributed by atoms with E-state index in [1.165, 1.54) is 17.4 Å². The average Bonchev–Trinajstić information content (AvgIpc) is 3.20. The number of fused-ring (bicyclic) bond motifs is 1. The zero-order valence-corrected chi connectivity index (χ0v) is 21.1. The molecule has 0 saturated carbocycles. The Labute approximate surface area is 192 Å². The molecule has 1 aromatic carbocycles. The van der Waals surface area contributed by atoms with E-state index < -0.39 is 6.03 Å². The molecule has 0 spiro atoms. The van der Waals surface area contributed by atoms with E-state index in [2.05, 4.69) is 44.6 Å². The third-order valence-corrected chi connectivity index (χ3v) is 3.85. The van der Waals surface area contributed by atoms with Gasteiger partial charge in [0.2, 0.25) is 0 Å². The quantitative estimate of drug-likeness (QED) is 0.544. The second kappa shape index (κ2) is 15.7. The Bertz CT molecular complexity index is 1010. The van der Waals surface area contributed by atoms with Crippen LogP contribution in [0, 0.1) is 6.92 Å². The third-order valence-electron chi connectivity index (χ3n) is 3.85. The van der Waals surface area contributed by atoms with Gasteiger partial charge >= 0.3 is 11.7 Å². The highest BCUT2D eigenvalue weighted by atomic mass is 16.2. The normalized spacial score (nSPS) is 9.50. The summed E-state index contributed by atoms with van der Waals surface area (Å²) in [6, 6.07) is 7.40. The van der Waals surface area contributed by atoms with Gasteiger partial charge in [-0.25, -0.2) is 19.1 Å². The van der Waals surface area contributed by atoms with Crippen molar-refractivity contribution in [2.45, 2.75) is 67.9 Å². The van der Waals surface area contributed by atoms with Gasteiger partial charge in [-0.1, -0.05) is 58.7 Å². The van der Waals surface area contributed by atoms with Gasteiger partial charge in [0.1, 0.15) is 5.82 Å². The molecule has 0 unspecified atom stereocenters. The number of nitrogens with one attached hydrogen (secondary N) is 1. The van der Waals surface area contributed by atoms with Crippen LogP contribution in [0.1, 0.15) is 65.9 Å². The lowest BCUT2D eigenvalue weighted by atomic mass is 10.3. The standard InChI is InChI=1S/C16H19N5O2.2C3H8.C3H6/c1-4-17-15(22)21-11(2)9-20(16(21)23)10-14-18-12-7-5-6-8-13(12)19(14)3;3*1-3-2/h5-9H,4,10H2,1-3H3,(H,17,22);2*3H2,1-2H3;3H,1H2,2H3. The van der Waals surface area contributed by atoms with Crippen LogP contribution in [0.15, 0.2) is 47.9 Å². The summed E-state index contributed by atoms with van der Waals surface area (Å²) in [7, 11) is 1.92. The zero-order valence-electron chi connectivity index (χ0n) is 21.1. The number of amides is 1. The van der Waals surface area contributed by atoms with E-state index in [0.29, 0.717) is 18.8 Å². The molecule has 3 aromatic rings. The highest BCUT2D eigenvalue weighted by molar-refractivity contribution is 5.77. The van der Waals surface area contributed by atoms with Crippen LogP contribution in [-0.2, 0) is 13.6 Å². The van der Waals surface area contributed by atoms with Crippen molar-refractivity contribution in [3.05, 3.63) is 65.1 Å². The Kier molecular flexibility index (Phi) is 14.2. The molecule has 7 heteroatoms. The van der Waals surface area contributed by atoms with Crippen LogP contribution in [0.3, 0.4) is 0 Å².